The lowest BCUT2D eigenvalue weighted by molar-refractivity contribution is -0.148. The number of ether oxygens (including phenoxy) is 1. The van der Waals surface area contributed by atoms with E-state index in [4.69, 9.17) is 19.7 Å². The zero-order chi connectivity index (χ0) is 31.6. The predicted molar refractivity (Wildman–Crippen MR) is 169 cm³/mol. The number of aliphatic imine (C=N–C) groups is 3. The molecule has 9 heteroatoms. The Kier molecular flexibility index (Phi) is 7.54. The molecule has 4 aliphatic heterocycles. The Labute approximate surface area is 257 Å². The van der Waals surface area contributed by atoms with Crippen LogP contribution < -0.4 is 0 Å². The average Bonchev–Trinajstić information content (AvgIpc) is 3.72. The van der Waals surface area contributed by atoms with Gasteiger partial charge >= 0.3 is 11.9 Å². The van der Waals surface area contributed by atoms with Gasteiger partial charge in [-0.05, 0) is 62.0 Å². The first-order valence-electron chi connectivity index (χ1n) is 15.5. The molecule has 44 heavy (non-hydrogen) atoms. The Morgan fingerprint density at radius 2 is 1.93 bits per heavy atom. The minimum absolute atomic E-state index is 0.0130. The number of allylic oxidation sites excluding steroid dienone is 5. The molecule has 0 amide bonds. The fraction of sp³-hybridized carbons (Fsp3) is 0.486. The summed E-state index contributed by atoms with van der Waals surface area (Å²) in [5.41, 5.74) is 11.2. The van der Waals surface area contributed by atoms with Crippen LogP contribution in [0.3, 0.4) is 0 Å². The van der Waals surface area contributed by atoms with Gasteiger partial charge in [0.1, 0.15) is 5.92 Å². The number of esters is 1. The molecule has 1 aromatic heterocycles. The molecule has 5 heterocycles. The van der Waals surface area contributed by atoms with Gasteiger partial charge in [-0.3, -0.25) is 29.4 Å². The molecule has 1 aromatic rings. The molecule has 9 nitrogen and oxygen atoms in total. The number of rotatable bonds is 6. The van der Waals surface area contributed by atoms with Gasteiger partial charge in [0.2, 0.25) is 0 Å². The number of H-pyrrole nitrogens is 1. The smallest absolute Gasteiger partial charge is 0.317 e. The van der Waals surface area contributed by atoms with E-state index in [-0.39, 0.29) is 30.0 Å². The van der Waals surface area contributed by atoms with Crippen LogP contribution in [0.15, 0.2) is 61.8 Å². The second kappa shape index (κ2) is 11.1. The Morgan fingerprint density at radius 1 is 1.18 bits per heavy atom. The van der Waals surface area contributed by atoms with Crippen LogP contribution in [0.4, 0.5) is 0 Å². The normalized spacial score (nSPS) is 29.1. The Bertz CT molecular complexity index is 1700. The van der Waals surface area contributed by atoms with E-state index in [1.165, 1.54) is 18.2 Å². The summed E-state index contributed by atoms with van der Waals surface area (Å²) >= 11 is 0. The van der Waals surface area contributed by atoms with E-state index < -0.39 is 29.8 Å². The molecular weight excluding hydrogens is 556 g/mol. The molecule has 6 rings (SSSR count). The van der Waals surface area contributed by atoms with Crippen LogP contribution >= 0.6 is 0 Å². The van der Waals surface area contributed by atoms with Crippen molar-refractivity contribution in [2.24, 2.45) is 44.6 Å². The number of ketones is 1. The van der Waals surface area contributed by atoms with Crippen LogP contribution in [-0.2, 0) is 38.4 Å². The summed E-state index contributed by atoms with van der Waals surface area (Å²) in [6.45, 7) is 14.4. The first kappa shape index (κ1) is 29.9. The molecule has 6 atom stereocenters. The van der Waals surface area contributed by atoms with Crippen molar-refractivity contribution in [3.05, 3.63) is 69.4 Å². The number of aromatic amines is 1. The van der Waals surface area contributed by atoms with Crippen molar-refractivity contribution in [2.75, 3.05) is 7.11 Å². The largest absolute Gasteiger partial charge is 0.481 e. The summed E-state index contributed by atoms with van der Waals surface area (Å²) in [4.78, 5) is 58.1. The summed E-state index contributed by atoms with van der Waals surface area (Å²) in [5, 5.41) is 9.61. The molecule has 0 spiro atoms. The molecular formula is C35H40N4O5. The second-order valence-corrected chi connectivity index (χ2v) is 12.7. The van der Waals surface area contributed by atoms with Crippen molar-refractivity contribution in [1.82, 2.24) is 4.98 Å². The van der Waals surface area contributed by atoms with Gasteiger partial charge in [0.15, 0.2) is 5.78 Å². The number of carbonyl (C=O) groups is 3. The van der Waals surface area contributed by atoms with Crippen LogP contribution in [0, 0.1) is 36.5 Å². The molecule has 1 fully saturated rings. The number of nitrogens with zero attached hydrogens (tertiary/aromatic N) is 3. The number of aromatic nitrogens is 1. The molecule has 0 aromatic carbocycles. The quantitative estimate of drug-likeness (QED) is 0.268. The molecule has 0 saturated heterocycles. The minimum atomic E-state index is -1.08. The zero-order valence-electron chi connectivity index (χ0n) is 26.3. The Morgan fingerprint density at radius 3 is 2.59 bits per heavy atom. The van der Waals surface area contributed by atoms with Gasteiger partial charge in [-0.25, -0.2) is 0 Å². The van der Waals surface area contributed by atoms with Gasteiger partial charge in [-0.2, -0.15) is 0 Å². The van der Waals surface area contributed by atoms with E-state index in [1.54, 1.807) is 0 Å². The molecule has 3 unspecified atom stereocenters. The molecule has 0 radical (unpaired) electrons. The Balaban J connectivity index is 1.59. The third-order valence-electron chi connectivity index (χ3n) is 10.5. The van der Waals surface area contributed by atoms with Gasteiger partial charge in [0.05, 0.1) is 18.8 Å². The SMILES string of the molecule is C=CC1C2=NC(=C1C)C=C1N=C(C3C4N=C(Cc5[nH]c(c(C)c5CC)C2)C(C)=C4C(=O)[C@@H]3C(=O)OC)[C@@H](CCC(=O)O)[C@@H]1C. The Hall–Kier alpha value is -4.14. The molecule has 5 aliphatic rings. The first-order valence-corrected chi connectivity index (χ1v) is 15.5. The highest BCUT2D eigenvalue weighted by molar-refractivity contribution is 6.22. The summed E-state index contributed by atoms with van der Waals surface area (Å²) in [6.07, 6.45) is 6.25. The zero-order valence-corrected chi connectivity index (χ0v) is 26.3. The third kappa shape index (κ3) is 4.50. The van der Waals surface area contributed by atoms with Gasteiger partial charge in [0, 0.05) is 82.7 Å². The van der Waals surface area contributed by atoms with Gasteiger partial charge in [0.25, 0.3) is 0 Å². The number of fused-ring (bicyclic) bond motifs is 5. The van der Waals surface area contributed by atoms with Gasteiger partial charge < -0.3 is 14.8 Å². The maximum absolute atomic E-state index is 14.0. The molecule has 1 saturated carbocycles. The monoisotopic (exact) mass is 596 g/mol. The van der Waals surface area contributed by atoms with Crippen LogP contribution in [0.5, 0.6) is 0 Å². The topological polar surface area (TPSA) is 134 Å². The van der Waals surface area contributed by atoms with E-state index in [2.05, 4.69) is 32.3 Å². The third-order valence-corrected chi connectivity index (χ3v) is 10.5. The van der Waals surface area contributed by atoms with Crippen LogP contribution in [0.1, 0.15) is 63.1 Å². The number of carboxylic acid groups (broad SMARTS) is 1. The number of carboxylic acids is 1. The fourth-order valence-electron chi connectivity index (χ4n) is 8.04. The predicted octanol–water partition coefficient (Wildman–Crippen LogP) is 5.10. The molecule has 8 bridgehead atoms. The van der Waals surface area contributed by atoms with Crippen LogP contribution in [0.25, 0.3) is 0 Å². The standard InChI is InChI=1S/C35H40N4O5/c1-8-19-15(3)22-12-24-17(5)21(10-11-28(40)41)32(38-24)30-31(35(43)44-7)34(42)29-18(6)25(39-33(29)30)14-27-20(9-2)16(4)23(37-27)13-26(19)36-22/h8,12,17,19,21,30-31,33,37H,1,9-11,13-14H2,2-7H3,(H,40,41)/t17-,19?,21-,30?,31+,33?/m0/s1. The number of carbonyl (C=O) groups excluding carboxylic acids is 2. The number of aliphatic carboxylic acids is 1. The van der Waals surface area contributed by atoms with E-state index in [0.717, 1.165) is 51.8 Å². The minimum Gasteiger partial charge on any atom is -0.481 e. The van der Waals surface area contributed by atoms with E-state index >= 15 is 0 Å². The molecule has 230 valence electrons. The van der Waals surface area contributed by atoms with Gasteiger partial charge in [-0.15, -0.1) is 6.58 Å². The first-order chi connectivity index (χ1) is 21.0. The summed E-state index contributed by atoms with van der Waals surface area (Å²) in [6, 6.07) is -0.574. The van der Waals surface area contributed by atoms with Crippen molar-refractivity contribution >= 4 is 34.9 Å². The fourth-order valence-corrected chi connectivity index (χ4v) is 8.04. The summed E-state index contributed by atoms with van der Waals surface area (Å²) in [5.74, 6) is -3.95. The van der Waals surface area contributed by atoms with Gasteiger partial charge in [-0.1, -0.05) is 19.9 Å². The van der Waals surface area contributed by atoms with Crippen molar-refractivity contribution in [2.45, 2.75) is 72.8 Å². The highest BCUT2D eigenvalue weighted by Gasteiger charge is 2.57. The maximum Gasteiger partial charge on any atom is 0.317 e. The number of hydrogen-bond donors (Lipinski definition) is 2. The number of methoxy groups -OCH3 is 1. The van der Waals surface area contributed by atoms with Crippen LogP contribution in [-0.4, -0.2) is 58.1 Å². The second-order valence-electron chi connectivity index (χ2n) is 12.7. The van der Waals surface area contributed by atoms with Crippen LogP contribution in [0.2, 0.25) is 0 Å². The highest BCUT2D eigenvalue weighted by Crippen LogP contribution is 2.48. The lowest BCUT2D eigenvalue weighted by atomic mass is 9.77. The maximum atomic E-state index is 14.0. The number of nitrogens with one attached hydrogen (secondary N) is 1. The lowest BCUT2D eigenvalue weighted by Crippen LogP contribution is -2.37. The van der Waals surface area contributed by atoms with E-state index in [9.17, 15) is 19.5 Å². The molecule has 1 aliphatic carbocycles. The van der Waals surface area contributed by atoms with Crippen molar-refractivity contribution in [3.8, 4) is 0 Å². The summed E-state index contributed by atoms with van der Waals surface area (Å²) < 4.78 is 5.17. The lowest BCUT2D eigenvalue weighted by Gasteiger charge is -2.26. The summed E-state index contributed by atoms with van der Waals surface area (Å²) in [7, 11) is 1.29. The van der Waals surface area contributed by atoms with E-state index in [1.807, 2.05) is 26.0 Å². The average molecular weight is 597 g/mol. The van der Waals surface area contributed by atoms with Crippen molar-refractivity contribution in [1.29, 1.82) is 0 Å². The van der Waals surface area contributed by atoms with Crippen molar-refractivity contribution < 1.29 is 24.2 Å². The number of hydrogen-bond acceptors (Lipinski definition) is 7. The highest BCUT2D eigenvalue weighted by atomic mass is 16.5. The number of Topliss-reactive ketones (excluding diaryl/α,β-unsaturated/α-hetero) is 1. The van der Waals surface area contributed by atoms with Crippen molar-refractivity contribution in [3.63, 3.8) is 0 Å². The molecule has 2 N–H and O–H groups in total. The van der Waals surface area contributed by atoms with E-state index in [0.29, 0.717) is 30.5 Å².